The van der Waals surface area contributed by atoms with Crippen LogP contribution in [-0.4, -0.2) is 42.9 Å². The number of carbonyl (C=O) groups excluding carboxylic acids is 1. The first-order chi connectivity index (χ1) is 10.1. The molecule has 1 aliphatic rings. The van der Waals surface area contributed by atoms with E-state index in [-0.39, 0.29) is 18.9 Å². The zero-order valence-corrected chi connectivity index (χ0v) is 11.9. The van der Waals surface area contributed by atoms with Gasteiger partial charge < -0.3 is 19.9 Å². The summed E-state index contributed by atoms with van der Waals surface area (Å²) in [6.07, 6.45) is -0.858. The van der Waals surface area contributed by atoms with Crippen molar-refractivity contribution in [1.82, 2.24) is 5.32 Å². The van der Waals surface area contributed by atoms with Gasteiger partial charge in [0.1, 0.15) is 0 Å². The van der Waals surface area contributed by atoms with E-state index in [1.807, 2.05) is 31.2 Å². The number of hydrogen-bond acceptors (Lipinski definition) is 4. The molecule has 1 aromatic carbocycles. The van der Waals surface area contributed by atoms with Gasteiger partial charge in [0, 0.05) is 0 Å². The van der Waals surface area contributed by atoms with Crippen LogP contribution in [0.3, 0.4) is 0 Å². The molecule has 0 bridgehead atoms. The number of carboxylic acid groups (broad SMARTS) is 1. The predicted molar refractivity (Wildman–Crippen MR) is 74.9 cm³/mol. The standard InChI is InChI=1S/C15H19NO5/c1-10-4-2-3-5-11(10)12(8-14(17)18)16-15(19)13-9-20-6-7-21-13/h2-5,12-13H,6-9H2,1H3,(H,16,19)(H,17,18). The van der Waals surface area contributed by atoms with E-state index >= 15 is 0 Å². The van der Waals surface area contributed by atoms with Crippen molar-refractivity contribution in [2.75, 3.05) is 19.8 Å². The monoisotopic (exact) mass is 293 g/mol. The minimum Gasteiger partial charge on any atom is -0.481 e. The molecule has 0 spiro atoms. The van der Waals surface area contributed by atoms with Gasteiger partial charge in [-0.3, -0.25) is 9.59 Å². The average molecular weight is 293 g/mol. The molecule has 1 heterocycles. The Morgan fingerprint density at radius 2 is 2.14 bits per heavy atom. The average Bonchev–Trinajstić information content (AvgIpc) is 2.47. The molecule has 6 heteroatoms. The highest BCUT2D eigenvalue weighted by atomic mass is 16.6. The molecule has 2 unspecified atom stereocenters. The van der Waals surface area contributed by atoms with Gasteiger partial charge in [0.2, 0.25) is 0 Å². The van der Waals surface area contributed by atoms with Crippen LogP contribution in [0.4, 0.5) is 0 Å². The molecule has 0 radical (unpaired) electrons. The number of ether oxygens (including phenoxy) is 2. The lowest BCUT2D eigenvalue weighted by Gasteiger charge is -2.25. The van der Waals surface area contributed by atoms with Crippen molar-refractivity contribution in [2.45, 2.75) is 25.5 Å². The number of nitrogens with one attached hydrogen (secondary N) is 1. The van der Waals surface area contributed by atoms with Crippen molar-refractivity contribution in [3.05, 3.63) is 35.4 Å². The maximum absolute atomic E-state index is 12.2. The van der Waals surface area contributed by atoms with Gasteiger partial charge in [-0.2, -0.15) is 0 Å². The maximum atomic E-state index is 12.2. The molecule has 0 aromatic heterocycles. The summed E-state index contributed by atoms with van der Waals surface area (Å²) < 4.78 is 10.5. The summed E-state index contributed by atoms with van der Waals surface area (Å²) in [5, 5.41) is 11.8. The molecule has 2 atom stereocenters. The zero-order valence-electron chi connectivity index (χ0n) is 11.9. The topological polar surface area (TPSA) is 84.9 Å². The highest BCUT2D eigenvalue weighted by Crippen LogP contribution is 2.21. The number of benzene rings is 1. The molecule has 6 nitrogen and oxygen atoms in total. The summed E-state index contributed by atoms with van der Waals surface area (Å²) in [6, 6.07) is 6.82. The maximum Gasteiger partial charge on any atom is 0.305 e. The van der Waals surface area contributed by atoms with E-state index in [4.69, 9.17) is 14.6 Å². The SMILES string of the molecule is Cc1ccccc1C(CC(=O)O)NC(=O)C1COCCO1. The van der Waals surface area contributed by atoms with Crippen molar-refractivity contribution < 1.29 is 24.2 Å². The van der Waals surface area contributed by atoms with E-state index in [2.05, 4.69) is 5.32 Å². The summed E-state index contributed by atoms with van der Waals surface area (Å²) >= 11 is 0. The Morgan fingerprint density at radius 3 is 2.76 bits per heavy atom. The second kappa shape index (κ2) is 7.19. The van der Waals surface area contributed by atoms with Crippen LogP contribution in [0, 0.1) is 6.92 Å². The predicted octanol–water partition coefficient (Wildman–Crippen LogP) is 1.04. The van der Waals surface area contributed by atoms with Gasteiger partial charge in [0.15, 0.2) is 6.10 Å². The van der Waals surface area contributed by atoms with Crippen LogP contribution in [-0.2, 0) is 19.1 Å². The van der Waals surface area contributed by atoms with Crippen LogP contribution < -0.4 is 5.32 Å². The van der Waals surface area contributed by atoms with Crippen molar-refractivity contribution in [2.24, 2.45) is 0 Å². The summed E-state index contributed by atoms with van der Waals surface area (Å²) in [6.45, 7) is 2.92. The zero-order chi connectivity index (χ0) is 15.2. The van der Waals surface area contributed by atoms with Crippen LogP contribution in [0.5, 0.6) is 0 Å². The number of carbonyl (C=O) groups is 2. The van der Waals surface area contributed by atoms with E-state index in [1.54, 1.807) is 0 Å². The summed E-state index contributed by atoms with van der Waals surface area (Å²) in [4.78, 5) is 23.2. The van der Waals surface area contributed by atoms with E-state index in [0.29, 0.717) is 13.2 Å². The first-order valence-electron chi connectivity index (χ1n) is 6.85. The third-order valence-electron chi connectivity index (χ3n) is 3.37. The lowest BCUT2D eigenvalue weighted by molar-refractivity contribution is -0.148. The van der Waals surface area contributed by atoms with Gasteiger partial charge in [0.25, 0.3) is 5.91 Å². The Kier molecular flexibility index (Phi) is 5.30. The minimum atomic E-state index is -0.968. The molecule has 114 valence electrons. The van der Waals surface area contributed by atoms with Crippen LogP contribution >= 0.6 is 0 Å². The van der Waals surface area contributed by atoms with Crippen molar-refractivity contribution in [1.29, 1.82) is 0 Å². The first-order valence-corrected chi connectivity index (χ1v) is 6.85. The molecule has 0 aliphatic carbocycles. The number of aryl methyl sites for hydroxylation is 1. The van der Waals surface area contributed by atoms with Crippen LogP contribution in [0.1, 0.15) is 23.6 Å². The number of rotatable bonds is 5. The summed E-state index contributed by atoms with van der Waals surface area (Å²) in [7, 11) is 0. The van der Waals surface area contributed by atoms with Crippen molar-refractivity contribution in [3.8, 4) is 0 Å². The molecule has 2 N–H and O–H groups in total. The third kappa shape index (κ3) is 4.27. The molecular weight excluding hydrogens is 274 g/mol. The minimum absolute atomic E-state index is 0.176. The molecule has 1 aliphatic heterocycles. The molecule has 1 aromatic rings. The van der Waals surface area contributed by atoms with E-state index in [9.17, 15) is 9.59 Å². The molecule has 2 rings (SSSR count). The fourth-order valence-corrected chi connectivity index (χ4v) is 2.29. The number of carboxylic acids is 1. The van der Waals surface area contributed by atoms with Gasteiger partial charge in [-0.1, -0.05) is 24.3 Å². The fraction of sp³-hybridized carbons (Fsp3) is 0.467. The second-order valence-corrected chi connectivity index (χ2v) is 4.95. The Hall–Kier alpha value is -1.92. The molecule has 1 fully saturated rings. The quantitative estimate of drug-likeness (QED) is 0.847. The molecular formula is C15H19NO5. The van der Waals surface area contributed by atoms with Gasteiger partial charge in [0.05, 0.1) is 32.3 Å². The lowest BCUT2D eigenvalue weighted by Crippen LogP contribution is -2.44. The Bertz CT molecular complexity index is 511. The van der Waals surface area contributed by atoms with Crippen molar-refractivity contribution >= 4 is 11.9 Å². The molecule has 21 heavy (non-hydrogen) atoms. The van der Waals surface area contributed by atoms with E-state index in [1.165, 1.54) is 0 Å². The highest BCUT2D eigenvalue weighted by molar-refractivity contribution is 5.82. The number of aliphatic carboxylic acids is 1. The molecule has 1 amide bonds. The Labute approximate surface area is 123 Å². The first kappa shape index (κ1) is 15.5. The number of hydrogen-bond donors (Lipinski definition) is 2. The normalized spacial score (nSPS) is 19.8. The van der Waals surface area contributed by atoms with Gasteiger partial charge >= 0.3 is 5.97 Å². The summed E-state index contributed by atoms with van der Waals surface area (Å²) in [5.41, 5.74) is 1.73. The van der Waals surface area contributed by atoms with Gasteiger partial charge in [-0.15, -0.1) is 0 Å². The van der Waals surface area contributed by atoms with Crippen LogP contribution in [0.25, 0.3) is 0 Å². The fourth-order valence-electron chi connectivity index (χ4n) is 2.29. The summed E-state index contributed by atoms with van der Waals surface area (Å²) in [5.74, 6) is -1.31. The second-order valence-electron chi connectivity index (χ2n) is 4.95. The Balaban J connectivity index is 2.11. The largest absolute Gasteiger partial charge is 0.481 e. The number of amides is 1. The van der Waals surface area contributed by atoms with Crippen LogP contribution in [0.15, 0.2) is 24.3 Å². The molecule has 0 saturated carbocycles. The van der Waals surface area contributed by atoms with Crippen molar-refractivity contribution in [3.63, 3.8) is 0 Å². The van der Waals surface area contributed by atoms with Gasteiger partial charge in [-0.25, -0.2) is 0 Å². The molecule has 1 saturated heterocycles. The smallest absolute Gasteiger partial charge is 0.305 e. The van der Waals surface area contributed by atoms with E-state index < -0.39 is 18.1 Å². The van der Waals surface area contributed by atoms with Gasteiger partial charge in [-0.05, 0) is 18.1 Å². The highest BCUT2D eigenvalue weighted by Gasteiger charge is 2.27. The lowest BCUT2D eigenvalue weighted by atomic mass is 9.98. The Morgan fingerprint density at radius 1 is 1.38 bits per heavy atom. The van der Waals surface area contributed by atoms with E-state index in [0.717, 1.165) is 11.1 Å². The third-order valence-corrected chi connectivity index (χ3v) is 3.37. The van der Waals surface area contributed by atoms with Crippen LogP contribution in [0.2, 0.25) is 0 Å².